The lowest BCUT2D eigenvalue weighted by molar-refractivity contribution is -0.115. The number of aryl methyl sites for hydroxylation is 1. The molecule has 0 heterocycles. The van der Waals surface area contributed by atoms with Gasteiger partial charge in [-0.25, -0.2) is 8.42 Å². The molecule has 0 aliphatic rings. The van der Waals surface area contributed by atoms with Crippen molar-refractivity contribution in [3.8, 4) is 11.1 Å². The van der Waals surface area contributed by atoms with Crippen LogP contribution >= 0.6 is 0 Å². The van der Waals surface area contributed by atoms with E-state index < -0.39 is 10.0 Å². The number of carbonyl (C=O) groups excluding carboxylic acids is 1. The Labute approximate surface area is 184 Å². The molecule has 0 atom stereocenters. The van der Waals surface area contributed by atoms with E-state index in [9.17, 15) is 13.2 Å². The van der Waals surface area contributed by atoms with Crippen LogP contribution in [0.2, 0.25) is 0 Å². The van der Waals surface area contributed by atoms with Crippen LogP contribution in [0, 0.1) is 6.92 Å². The lowest BCUT2D eigenvalue weighted by Gasteiger charge is -2.20. The van der Waals surface area contributed by atoms with Crippen LogP contribution in [0.25, 0.3) is 11.1 Å². The second-order valence-corrected chi connectivity index (χ2v) is 9.26. The molecular formula is C25H28N2O3S. The van der Waals surface area contributed by atoms with Crippen LogP contribution in [0.5, 0.6) is 0 Å². The molecule has 0 saturated heterocycles. The number of amides is 1. The van der Waals surface area contributed by atoms with E-state index in [1.807, 2.05) is 68.4 Å². The first-order valence-electron chi connectivity index (χ1n) is 10.4. The number of nitrogens with one attached hydrogen (secondary N) is 1. The van der Waals surface area contributed by atoms with Crippen molar-refractivity contribution in [3.05, 3.63) is 83.9 Å². The third kappa shape index (κ3) is 5.40. The Balaban J connectivity index is 1.72. The van der Waals surface area contributed by atoms with Crippen LogP contribution < -0.4 is 5.32 Å². The zero-order chi connectivity index (χ0) is 22.4. The normalized spacial score (nSPS) is 11.5. The van der Waals surface area contributed by atoms with E-state index in [1.54, 1.807) is 25.1 Å². The van der Waals surface area contributed by atoms with E-state index in [0.29, 0.717) is 24.3 Å². The maximum absolute atomic E-state index is 12.9. The Hall–Kier alpha value is -2.96. The highest BCUT2D eigenvalue weighted by Crippen LogP contribution is 2.24. The van der Waals surface area contributed by atoms with Crippen LogP contribution in [0.1, 0.15) is 25.0 Å². The lowest BCUT2D eigenvalue weighted by Crippen LogP contribution is -2.31. The van der Waals surface area contributed by atoms with E-state index in [1.165, 1.54) is 4.31 Å². The van der Waals surface area contributed by atoms with Crippen molar-refractivity contribution in [2.45, 2.75) is 32.1 Å². The molecule has 6 heteroatoms. The number of hydrogen-bond acceptors (Lipinski definition) is 3. The fourth-order valence-electron chi connectivity index (χ4n) is 3.49. The summed E-state index contributed by atoms with van der Waals surface area (Å²) in [6, 6.07) is 22.9. The standard InChI is InChI=1S/C25H28N2O3S/c1-4-27(5-2)31(29,30)24-18-23(16-11-19(24)3)26-25(28)17-20-12-14-22(15-13-20)21-9-7-6-8-10-21/h6-16,18H,4-5,17H2,1-3H3,(H,26,28). The molecule has 3 aromatic rings. The van der Waals surface area contributed by atoms with Gasteiger partial charge in [-0.15, -0.1) is 0 Å². The SMILES string of the molecule is CCN(CC)S(=O)(=O)c1cc(NC(=O)Cc2ccc(-c3ccccc3)cc2)ccc1C. The molecule has 1 amide bonds. The fraction of sp³-hybridized carbons (Fsp3) is 0.240. The number of benzene rings is 3. The van der Waals surface area contributed by atoms with Crippen LogP contribution in [0.4, 0.5) is 5.69 Å². The molecule has 0 aliphatic heterocycles. The summed E-state index contributed by atoms with van der Waals surface area (Å²) >= 11 is 0. The number of nitrogens with zero attached hydrogens (tertiary/aromatic N) is 1. The Kier molecular flexibility index (Phi) is 7.25. The maximum Gasteiger partial charge on any atom is 0.243 e. The molecule has 0 aliphatic carbocycles. The summed E-state index contributed by atoms with van der Waals surface area (Å²) in [4.78, 5) is 12.8. The third-order valence-corrected chi connectivity index (χ3v) is 7.41. The average Bonchev–Trinajstić information content (AvgIpc) is 2.76. The van der Waals surface area contributed by atoms with Gasteiger partial charge >= 0.3 is 0 Å². The quantitative estimate of drug-likeness (QED) is 0.548. The first-order chi connectivity index (χ1) is 14.8. The van der Waals surface area contributed by atoms with Crippen molar-refractivity contribution in [2.75, 3.05) is 18.4 Å². The molecule has 0 fully saturated rings. The molecule has 0 saturated carbocycles. The molecule has 0 unspecified atom stereocenters. The fourth-order valence-corrected chi connectivity index (χ4v) is 5.20. The second-order valence-electron chi connectivity index (χ2n) is 7.36. The molecule has 3 rings (SSSR count). The predicted molar refractivity (Wildman–Crippen MR) is 125 cm³/mol. The van der Waals surface area contributed by atoms with Crippen molar-refractivity contribution in [1.82, 2.24) is 4.31 Å². The predicted octanol–water partition coefficient (Wildman–Crippen LogP) is 4.87. The van der Waals surface area contributed by atoms with Gasteiger partial charge in [0.2, 0.25) is 15.9 Å². The molecule has 5 nitrogen and oxygen atoms in total. The van der Waals surface area contributed by atoms with E-state index in [0.717, 1.165) is 16.7 Å². The zero-order valence-electron chi connectivity index (χ0n) is 18.1. The van der Waals surface area contributed by atoms with E-state index in [-0.39, 0.29) is 17.2 Å². The molecule has 0 bridgehead atoms. The zero-order valence-corrected chi connectivity index (χ0v) is 18.9. The van der Waals surface area contributed by atoms with E-state index in [4.69, 9.17) is 0 Å². The van der Waals surface area contributed by atoms with Gasteiger partial charge in [-0.2, -0.15) is 4.31 Å². The molecule has 0 radical (unpaired) electrons. The molecule has 0 spiro atoms. The Bertz CT molecular complexity index is 1140. The Morgan fingerprint density at radius 3 is 2.10 bits per heavy atom. The highest BCUT2D eigenvalue weighted by molar-refractivity contribution is 7.89. The second kappa shape index (κ2) is 9.90. The first-order valence-corrected chi connectivity index (χ1v) is 11.8. The average molecular weight is 437 g/mol. The summed E-state index contributed by atoms with van der Waals surface area (Å²) in [5.41, 5.74) is 4.23. The molecule has 0 aromatic heterocycles. The molecule has 1 N–H and O–H groups in total. The van der Waals surface area contributed by atoms with Gasteiger partial charge in [0.1, 0.15) is 0 Å². The van der Waals surface area contributed by atoms with Gasteiger partial charge in [-0.1, -0.05) is 74.5 Å². The summed E-state index contributed by atoms with van der Waals surface area (Å²) in [5.74, 6) is -0.192. The van der Waals surface area contributed by atoms with Crippen LogP contribution in [-0.4, -0.2) is 31.7 Å². The van der Waals surface area contributed by atoms with Gasteiger partial charge in [0, 0.05) is 18.8 Å². The third-order valence-electron chi connectivity index (χ3n) is 5.22. The van der Waals surface area contributed by atoms with Gasteiger partial charge in [0.05, 0.1) is 11.3 Å². The van der Waals surface area contributed by atoms with Crippen molar-refractivity contribution in [2.24, 2.45) is 0 Å². The Morgan fingerprint density at radius 2 is 1.48 bits per heavy atom. The van der Waals surface area contributed by atoms with Gasteiger partial charge in [-0.3, -0.25) is 4.79 Å². The van der Waals surface area contributed by atoms with Gasteiger partial charge in [0.15, 0.2) is 0 Å². The smallest absolute Gasteiger partial charge is 0.243 e. The van der Waals surface area contributed by atoms with Crippen molar-refractivity contribution >= 4 is 21.6 Å². The topological polar surface area (TPSA) is 66.5 Å². The van der Waals surface area contributed by atoms with Crippen molar-refractivity contribution < 1.29 is 13.2 Å². The minimum Gasteiger partial charge on any atom is -0.326 e. The summed E-state index contributed by atoms with van der Waals surface area (Å²) in [7, 11) is -3.60. The minimum atomic E-state index is -3.60. The van der Waals surface area contributed by atoms with E-state index >= 15 is 0 Å². The highest BCUT2D eigenvalue weighted by Gasteiger charge is 2.24. The van der Waals surface area contributed by atoms with Gasteiger partial charge < -0.3 is 5.32 Å². The number of sulfonamides is 1. The monoisotopic (exact) mass is 436 g/mol. The summed E-state index contributed by atoms with van der Waals surface area (Å²) in [6.07, 6.45) is 0.209. The van der Waals surface area contributed by atoms with Crippen molar-refractivity contribution in [3.63, 3.8) is 0 Å². The number of rotatable bonds is 8. The molecular weight excluding hydrogens is 408 g/mol. The van der Waals surface area contributed by atoms with Crippen molar-refractivity contribution in [1.29, 1.82) is 0 Å². The largest absolute Gasteiger partial charge is 0.326 e. The minimum absolute atomic E-state index is 0.192. The van der Waals surface area contributed by atoms with Gasteiger partial charge in [-0.05, 0) is 41.3 Å². The van der Waals surface area contributed by atoms with E-state index in [2.05, 4.69) is 5.32 Å². The lowest BCUT2D eigenvalue weighted by atomic mass is 10.0. The number of anilines is 1. The van der Waals surface area contributed by atoms with Crippen LogP contribution in [0.15, 0.2) is 77.7 Å². The Morgan fingerprint density at radius 1 is 0.871 bits per heavy atom. The van der Waals surface area contributed by atoms with Gasteiger partial charge in [0.25, 0.3) is 0 Å². The van der Waals surface area contributed by atoms with Crippen LogP contribution in [0.3, 0.4) is 0 Å². The first kappa shape index (κ1) is 22.7. The number of hydrogen-bond donors (Lipinski definition) is 1. The molecule has 3 aromatic carbocycles. The highest BCUT2D eigenvalue weighted by atomic mass is 32.2. The number of carbonyl (C=O) groups is 1. The summed E-state index contributed by atoms with van der Waals surface area (Å²) in [5, 5.41) is 2.83. The molecule has 31 heavy (non-hydrogen) atoms. The maximum atomic E-state index is 12.9. The summed E-state index contributed by atoms with van der Waals surface area (Å²) in [6.45, 7) is 6.17. The van der Waals surface area contributed by atoms with Crippen LogP contribution in [-0.2, 0) is 21.2 Å². The molecule has 162 valence electrons. The summed E-state index contributed by atoms with van der Waals surface area (Å²) < 4.78 is 27.2.